The second-order valence-corrected chi connectivity index (χ2v) is 5.12. The Hall–Kier alpha value is -2.30. The summed E-state index contributed by atoms with van der Waals surface area (Å²) < 4.78 is 1.56. The van der Waals surface area contributed by atoms with E-state index < -0.39 is 0 Å². The monoisotopic (exact) mass is 272 g/mol. The molecule has 0 saturated carbocycles. The zero-order valence-electron chi connectivity index (χ0n) is 12.1. The molecule has 0 bridgehead atoms. The SMILES string of the molecule is CC(C)N(Cc1ccccc1)C(=O)c1nn(C)cc1N. The van der Waals surface area contributed by atoms with Crippen LogP contribution in [0, 0.1) is 0 Å². The Morgan fingerprint density at radius 2 is 2.00 bits per heavy atom. The molecule has 0 aliphatic rings. The number of amides is 1. The van der Waals surface area contributed by atoms with Gasteiger partial charge in [0.15, 0.2) is 5.69 Å². The molecule has 0 unspecified atom stereocenters. The lowest BCUT2D eigenvalue weighted by atomic mass is 10.1. The highest BCUT2D eigenvalue weighted by atomic mass is 16.2. The Bertz CT molecular complexity index is 589. The van der Waals surface area contributed by atoms with Crippen LogP contribution in [-0.4, -0.2) is 26.6 Å². The van der Waals surface area contributed by atoms with E-state index in [1.54, 1.807) is 22.8 Å². The minimum absolute atomic E-state index is 0.0733. The molecule has 1 aromatic heterocycles. The number of hydrogen-bond acceptors (Lipinski definition) is 3. The molecule has 106 valence electrons. The van der Waals surface area contributed by atoms with Gasteiger partial charge in [-0.05, 0) is 19.4 Å². The van der Waals surface area contributed by atoms with Crippen molar-refractivity contribution in [3.8, 4) is 0 Å². The molecule has 2 aromatic rings. The van der Waals surface area contributed by atoms with Crippen molar-refractivity contribution in [3.63, 3.8) is 0 Å². The summed E-state index contributed by atoms with van der Waals surface area (Å²) in [6.45, 7) is 4.52. The van der Waals surface area contributed by atoms with Crippen LogP contribution in [0.5, 0.6) is 0 Å². The summed E-state index contributed by atoms with van der Waals surface area (Å²) in [6.07, 6.45) is 1.65. The largest absolute Gasteiger partial charge is 0.396 e. The molecule has 1 amide bonds. The van der Waals surface area contributed by atoms with Crippen molar-refractivity contribution >= 4 is 11.6 Å². The maximum absolute atomic E-state index is 12.6. The van der Waals surface area contributed by atoms with Crippen LogP contribution in [0.25, 0.3) is 0 Å². The molecule has 0 fully saturated rings. The van der Waals surface area contributed by atoms with Gasteiger partial charge in [-0.1, -0.05) is 30.3 Å². The fraction of sp³-hybridized carbons (Fsp3) is 0.333. The molecule has 1 heterocycles. The van der Waals surface area contributed by atoms with Crippen molar-refractivity contribution in [2.45, 2.75) is 26.4 Å². The third-order valence-electron chi connectivity index (χ3n) is 3.14. The summed E-state index contributed by atoms with van der Waals surface area (Å²) in [7, 11) is 1.75. The van der Waals surface area contributed by atoms with Gasteiger partial charge < -0.3 is 10.6 Å². The van der Waals surface area contributed by atoms with E-state index in [2.05, 4.69) is 5.10 Å². The molecule has 5 heteroatoms. The quantitative estimate of drug-likeness (QED) is 0.926. The first-order valence-electron chi connectivity index (χ1n) is 6.63. The first kappa shape index (κ1) is 14.1. The van der Waals surface area contributed by atoms with Gasteiger partial charge in [0, 0.05) is 25.8 Å². The molecule has 2 rings (SSSR count). The highest BCUT2D eigenvalue weighted by Crippen LogP contribution is 2.16. The van der Waals surface area contributed by atoms with Crippen LogP contribution in [0.3, 0.4) is 0 Å². The summed E-state index contributed by atoms with van der Waals surface area (Å²) in [6, 6.07) is 9.97. The van der Waals surface area contributed by atoms with E-state index in [1.165, 1.54) is 0 Å². The molecule has 0 aliphatic carbocycles. The van der Waals surface area contributed by atoms with Gasteiger partial charge in [-0.15, -0.1) is 0 Å². The lowest BCUT2D eigenvalue weighted by Crippen LogP contribution is -2.37. The van der Waals surface area contributed by atoms with Crippen molar-refractivity contribution in [2.75, 3.05) is 5.73 Å². The summed E-state index contributed by atoms with van der Waals surface area (Å²) in [5.74, 6) is -0.137. The van der Waals surface area contributed by atoms with Crippen LogP contribution in [0.2, 0.25) is 0 Å². The molecular weight excluding hydrogens is 252 g/mol. The molecule has 0 spiro atoms. The Kier molecular flexibility index (Phi) is 4.08. The number of nitrogens with two attached hydrogens (primary N) is 1. The number of benzene rings is 1. The van der Waals surface area contributed by atoms with Crippen LogP contribution in [0.1, 0.15) is 29.9 Å². The lowest BCUT2D eigenvalue weighted by molar-refractivity contribution is 0.0684. The molecule has 0 atom stereocenters. The maximum Gasteiger partial charge on any atom is 0.277 e. The van der Waals surface area contributed by atoms with E-state index in [0.29, 0.717) is 17.9 Å². The van der Waals surface area contributed by atoms with Crippen molar-refractivity contribution in [1.29, 1.82) is 0 Å². The summed E-state index contributed by atoms with van der Waals surface area (Å²) in [5.41, 5.74) is 7.66. The first-order chi connectivity index (χ1) is 9.49. The van der Waals surface area contributed by atoms with Gasteiger partial charge in [0.25, 0.3) is 5.91 Å². The van der Waals surface area contributed by atoms with Crippen LogP contribution in [0.15, 0.2) is 36.5 Å². The minimum atomic E-state index is -0.137. The number of hydrogen-bond donors (Lipinski definition) is 1. The number of nitrogen functional groups attached to an aromatic ring is 1. The minimum Gasteiger partial charge on any atom is -0.396 e. The van der Waals surface area contributed by atoms with Gasteiger partial charge in [0.2, 0.25) is 0 Å². The highest BCUT2D eigenvalue weighted by molar-refractivity contribution is 5.97. The Balaban J connectivity index is 2.25. The van der Waals surface area contributed by atoms with Crippen molar-refractivity contribution in [2.24, 2.45) is 7.05 Å². The van der Waals surface area contributed by atoms with Gasteiger partial charge in [0.05, 0.1) is 5.69 Å². The second-order valence-electron chi connectivity index (χ2n) is 5.12. The number of carbonyl (C=O) groups excluding carboxylic acids is 1. The molecule has 0 aliphatic heterocycles. The highest BCUT2D eigenvalue weighted by Gasteiger charge is 2.23. The maximum atomic E-state index is 12.6. The average Bonchev–Trinajstić information content (AvgIpc) is 2.75. The summed E-state index contributed by atoms with van der Waals surface area (Å²) in [5, 5.41) is 4.16. The summed E-state index contributed by atoms with van der Waals surface area (Å²) in [4.78, 5) is 14.4. The van der Waals surface area contributed by atoms with E-state index in [4.69, 9.17) is 5.73 Å². The number of aryl methyl sites for hydroxylation is 1. The number of carbonyl (C=O) groups is 1. The standard InChI is InChI=1S/C15H20N4O/c1-11(2)19(9-12-7-5-4-6-8-12)15(20)14-13(16)10-18(3)17-14/h4-8,10-11H,9,16H2,1-3H3. The predicted molar refractivity (Wildman–Crippen MR) is 79.1 cm³/mol. The Morgan fingerprint density at radius 1 is 1.35 bits per heavy atom. The average molecular weight is 272 g/mol. The Labute approximate surface area is 119 Å². The zero-order valence-corrected chi connectivity index (χ0v) is 12.1. The zero-order chi connectivity index (χ0) is 14.7. The molecule has 2 N–H and O–H groups in total. The molecule has 0 radical (unpaired) electrons. The smallest absolute Gasteiger partial charge is 0.277 e. The number of aromatic nitrogens is 2. The molecule has 20 heavy (non-hydrogen) atoms. The lowest BCUT2D eigenvalue weighted by Gasteiger charge is -2.26. The Morgan fingerprint density at radius 3 is 2.50 bits per heavy atom. The number of rotatable bonds is 4. The number of anilines is 1. The van der Waals surface area contributed by atoms with Gasteiger partial charge >= 0.3 is 0 Å². The van der Waals surface area contributed by atoms with E-state index in [-0.39, 0.29) is 11.9 Å². The van der Waals surface area contributed by atoms with Crippen LogP contribution in [-0.2, 0) is 13.6 Å². The van der Waals surface area contributed by atoms with Crippen molar-refractivity contribution < 1.29 is 4.79 Å². The third-order valence-corrected chi connectivity index (χ3v) is 3.14. The van der Waals surface area contributed by atoms with Gasteiger partial charge in [-0.2, -0.15) is 5.10 Å². The molecular formula is C15H20N4O. The molecule has 5 nitrogen and oxygen atoms in total. The fourth-order valence-corrected chi connectivity index (χ4v) is 2.08. The normalized spacial score (nSPS) is 10.8. The molecule has 0 saturated heterocycles. The molecule has 1 aromatic carbocycles. The fourth-order valence-electron chi connectivity index (χ4n) is 2.08. The number of nitrogens with zero attached hydrogens (tertiary/aromatic N) is 3. The summed E-state index contributed by atoms with van der Waals surface area (Å²) >= 11 is 0. The van der Waals surface area contributed by atoms with E-state index in [0.717, 1.165) is 5.56 Å². The van der Waals surface area contributed by atoms with Crippen LogP contribution >= 0.6 is 0 Å². The van der Waals surface area contributed by atoms with Crippen LogP contribution in [0.4, 0.5) is 5.69 Å². The van der Waals surface area contributed by atoms with Gasteiger partial charge in [-0.3, -0.25) is 9.48 Å². The second kappa shape index (κ2) is 5.77. The topological polar surface area (TPSA) is 64.2 Å². The third kappa shape index (κ3) is 2.99. The van der Waals surface area contributed by atoms with E-state index in [1.807, 2.05) is 44.2 Å². The predicted octanol–water partition coefficient (Wildman–Crippen LogP) is 2.05. The van der Waals surface area contributed by atoms with Crippen molar-refractivity contribution in [3.05, 3.63) is 47.8 Å². The van der Waals surface area contributed by atoms with E-state index in [9.17, 15) is 4.79 Å². The van der Waals surface area contributed by atoms with Gasteiger partial charge in [0.1, 0.15) is 0 Å². The van der Waals surface area contributed by atoms with Gasteiger partial charge in [-0.25, -0.2) is 0 Å². The van der Waals surface area contributed by atoms with Crippen LogP contribution < -0.4 is 5.73 Å². The first-order valence-corrected chi connectivity index (χ1v) is 6.63. The van der Waals surface area contributed by atoms with Crippen molar-refractivity contribution in [1.82, 2.24) is 14.7 Å². The van der Waals surface area contributed by atoms with E-state index >= 15 is 0 Å².